The van der Waals surface area contributed by atoms with E-state index in [1.54, 1.807) is 62.4 Å². The zero-order valence-electron chi connectivity index (χ0n) is 17.6. The molecule has 0 amide bonds. The number of rotatable bonds is 9. The molecule has 0 spiro atoms. The van der Waals surface area contributed by atoms with Gasteiger partial charge in [0.25, 0.3) is 0 Å². The molecule has 2 aromatic carbocycles. The van der Waals surface area contributed by atoms with Crippen LogP contribution in [0.4, 0.5) is 0 Å². The molecular weight excluding hydrogens is 388 g/mol. The van der Waals surface area contributed by atoms with Crippen LogP contribution in [0.2, 0.25) is 0 Å². The van der Waals surface area contributed by atoms with Crippen molar-refractivity contribution < 1.29 is 34.0 Å². The van der Waals surface area contributed by atoms with Crippen molar-refractivity contribution in [3.8, 4) is 0 Å². The highest BCUT2D eigenvalue weighted by Gasteiger charge is 2.14. The molecule has 7 heteroatoms. The Morgan fingerprint density at radius 1 is 0.800 bits per heavy atom. The maximum absolute atomic E-state index is 11.9. The number of benzene rings is 2. The van der Waals surface area contributed by atoms with Crippen LogP contribution in [0.25, 0.3) is 0 Å². The fourth-order valence-electron chi connectivity index (χ4n) is 2.06. The molecule has 0 bridgehead atoms. The van der Waals surface area contributed by atoms with Gasteiger partial charge in [0, 0.05) is 0 Å². The summed E-state index contributed by atoms with van der Waals surface area (Å²) in [5.74, 6) is -0.778. The van der Waals surface area contributed by atoms with Gasteiger partial charge in [-0.15, -0.1) is 0 Å². The van der Waals surface area contributed by atoms with Gasteiger partial charge in [-0.05, 0) is 45.0 Å². The Bertz CT molecular complexity index is 732. The molecule has 2 aromatic rings. The van der Waals surface area contributed by atoms with Gasteiger partial charge in [0.15, 0.2) is 0 Å². The topological polar surface area (TPSA) is 102 Å². The van der Waals surface area contributed by atoms with Crippen molar-refractivity contribution in [1.29, 1.82) is 0 Å². The summed E-state index contributed by atoms with van der Waals surface area (Å²) in [5.41, 5.74) is 0.999. The van der Waals surface area contributed by atoms with E-state index in [1.165, 1.54) is 6.92 Å². The Kier molecular flexibility index (Phi) is 12.0. The third-order valence-electron chi connectivity index (χ3n) is 3.66. The predicted molar refractivity (Wildman–Crippen MR) is 112 cm³/mol. The fourth-order valence-corrected chi connectivity index (χ4v) is 2.06. The molecule has 7 nitrogen and oxygen atoms in total. The molecule has 3 unspecified atom stereocenters. The number of hydrogen-bond donors (Lipinski definition) is 2. The average molecular weight is 418 g/mol. The zero-order chi connectivity index (χ0) is 22.4. The van der Waals surface area contributed by atoms with Gasteiger partial charge in [-0.1, -0.05) is 36.4 Å². The molecule has 0 heterocycles. The normalized spacial score (nSPS) is 13.2. The average Bonchev–Trinajstić information content (AvgIpc) is 2.77. The quantitative estimate of drug-likeness (QED) is 0.604. The summed E-state index contributed by atoms with van der Waals surface area (Å²) >= 11 is 0. The molecule has 0 aromatic heterocycles. The molecule has 0 saturated heterocycles. The van der Waals surface area contributed by atoms with Gasteiger partial charge >= 0.3 is 11.9 Å². The molecule has 0 aliphatic heterocycles. The first-order valence-corrected chi connectivity index (χ1v) is 9.72. The van der Waals surface area contributed by atoms with Crippen LogP contribution < -0.4 is 0 Å². The summed E-state index contributed by atoms with van der Waals surface area (Å²) in [4.78, 5) is 23.8. The van der Waals surface area contributed by atoms with Crippen LogP contribution >= 0.6 is 0 Å². The summed E-state index contributed by atoms with van der Waals surface area (Å²) < 4.78 is 16.1. The van der Waals surface area contributed by atoms with Crippen molar-refractivity contribution in [3.05, 3.63) is 71.8 Å². The number of aliphatic hydroxyl groups excluding tert-OH is 2. The van der Waals surface area contributed by atoms with Crippen LogP contribution in [0.15, 0.2) is 60.7 Å². The highest BCUT2D eigenvalue weighted by Crippen LogP contribution is 2.06. The van der Waals surface area contributed by atoms with E-state index >= 15 is 0 Å². The number of ether oxygens (including phenoxy) is 3. The molecule has 0 fully saturated rings. The second-order valence-electron chi connectivity index (χ2n) is 6.72. The number of aliphatic hydroxyl groups is 2. The van der Waals surface area contributed by atoms with Crippen LogP contribution in [0, 0.1) is 0 Å². The van der Waals surface area contributed by atoms with Gasteiger partial charge in [0.05, 0.1) is 36.5 Å². The van der Waals surface area contributed by atoms with Crippen LogP contribution in [0.3, 0.4) is 0 Å². The van der Waals surface area contributed by atoms with E-state index in [1.807, 2.05) is 12.1 Å². The molecule has 2 rings (SSSR count). The van der Waals surface area contributed by atoms with E-state index in [-0.39, 0.29) is 37.9 Å². The van der Waals surface area contributed by atoms with Gasteiger partial charge in [0.2, 0.25) is 0 Å². The third-order valence-corrected chi connectivity index (χ3v) is 3.66. The molecule has 0 aliphatic rings. The molecule has 0 aliphatic carbocycles. The fraction of sp³-hybridized carbons (Fsp3) is 0.391. The second-order valence-corrected chi connectivity index (χ2v) is 6.72. The molecule has 164 valence electrons. The van der Waals surface area contributed by atoms with E-state index in [4.69, 9.17) is 24.4 Å². The van der Waals surface area contributed by atoms with Crippen molar-refractivity contribution in [1.82, 2.24) is 0 Å². The van der Waals surface area contributed by atoms with E-state index in [0.29, 0.717) is 11.1 Å². The minimum atomic E-state index is -0.560. The van der Waals surface area contributed by atoms with E-state index < -0.39 is 12.2 Å². The largest absolute Gasteiger partial charge is 0.459 e. The lowest BCUT2D eigenvalue weighted by Gasteiger charge is -2.17. The molecule has 2 N–H and O–H groups in total. The predicted octanol–water partition coefficient (Wildman–Crippen LogP) is 2.85. The lowest BCUT2D eigenvalue weighted by Crippen LogP contribution is -2.26. The monoisotopic (exact) mass is 418 g/mol. The SMILES string of the molecule is CC(COC(=O)c1ccccc1)OCC(C)OC(=O)c1ccccc1.CC(O)CO. The molecule has 3 atom stereocenters. The van der Waals surface area contributed by atoms with Gasteiger partial charge in [-0.3, -0.25) is 0 Å². The molecule has 0 saturated carbocycles. The maximum atomic E-state index is 11.9. The van der Waals surface area contributed by atoms with E-state index in [2.05, 4.69) is 0 Å². The lowest BCUT2D eigenvalue weighted by atomic mass is 10.2. The Morgan fingerprint density at radius 3 is 1.73 bits per heavy atom. The lowest BCUT2D eigenvalue weighted by molar-refractivity contribution is -0.0379. The Hall–Kier alpha value is -2.74. The Labute approximate surface area is 177 Å². The summed E-state index contributed by atoms with van der Waals surface area (Å²) in [5, 5.41) is 16.0. The second kappa shape index (κ2) is 14.3. The summed E-state index contributed by atoms with van der Waals surface area (Å²) in [7, 11) is 0. The highest BCUT2D eigenvalue weighted by molar-refractivity contribution is 5.89. The maximum Gasteiger partial charge on any atom is 0.338 e. The first-order chi connectivity index (χ1) is 14.3. The van der Waals surface area contributed by atoms with Crippen LogP contribution in [0.5, 0.6) is 0 Å². The Morgan fingerprint density at radius 2 is 1.27 bits per heavy atom. The van der Waals surface area contributed by atoms with Crippen LogP contribution in [0.1, 0.15) is 41.5 Å². The minimum absolute atomic E-state index is 0.132. The third kappa shape index (κ3) is 10.7. The summed E-state index contributed by atoms with van der Waals surface area (Å²) in [6.45, 7) is 5.29. The number of carbonyl (C=O) groups is 2. The molecular formula is C23H30O7. The zero-order valence-corrected chi connectivity index (χ0v) is 17.6. The number of esters is 2. The van der Waals surface area contributed by atoms with E-state index in [0.717, 1.165) is 0 Å². The summed E-state index contributed by atoms with van der Waals surface area (Å²) in [6, 6.07) is 17.6. The highest BCUT2D eigenvalue weighted by atomic mass is 16.6. The molecule has 0 radical (unpaired) electrons. The van der Waals surface area contributed by atoms with Gasteiger partial charge in [-0.2, -0.15) is 0 Å². The van der Waals surface area contributed by atoms with Gasteiger partial charge in [0.1, 0.15) is 12.7 Å². The Balaban J connectivity index is 0.000000804. The van der Waals surface area contributed by atoms with Crippen molar-refractivity contribution in [3.63, 3.8) is 0 Å². The number of hydrogen-bond acceptors (Lipinski definition) is 7. The smallest absolute Gasteiger partial charge is 0.338 e. The molecule has 30 heavy (non-hydrogen) atoms. The first-order valence-electron chi connectivity index (χ1n) is 9.72. The van der Waals surface area contributed by atoms with Crippen molar-refractivity contribution in [2.45, 2.75) is 39.1 Å². The van der Waals surface area contributed by atoms with Crippen LogP contribution in [-0.2, 0) is 14.2 Å². The number of carbonyl (C=O) groups excluding carboxylic acids is 2. The van der Waals surface area contributed by atoms with Gasteiger partial charge in [-0.25, -0.2) is 9.59 Å². The van der Waals surface area contributed by atoms with Crippen molar-refractivity contribution in [2.75, 3.05) is 19.8 Å². The van der Waals surface area contributed by atoms with Crippen molar-refractivity contribution >= 4 is 11.9 Å². The van der Waals surface area contributed by atoms with Gasteiger partial charge < -0.3 is 24.4 Å². The van der Waals surface area contributed by atoms with E-state index in [9.17, 15) is 9.59 Å². The standard InChI is InChI=1S/C20H22O5.C3H8O2/c1-15(13-24-19(21)17-9-5-3-6-10-17)23-14-16(2)25-20(22)18-11-7-4-8-12-18;1-3(5)2-4/h3-12,15-16H,13-14H2,1-2H3;3-5H,2H2,1H3. The van der Waals surface area contributed by atoms with Crippen molar-refractivity contribution in [2.24, 2.45) is 0 Å². The first kappa shape index (κ1) is 25.3. The van der Waals surface area contributed by atoms with Crippen LogP contribution in [-0.4, -0.2) is 60.3 Å². The summed E-state index contributed by atoms with van der Waals surface area (Å²) in [6.07, 6.45) is -1.26. The minimum Gasteiger partial charge on any atom is -0.459 e.